The van der Waals surface area contributed by atoms with Gasteiger partial charge in [0.05, 0.1) is 13.0 Å². The Bertz CT molecular complexity index is 815. The van der Waals surface area contributed by atoms with E-state index in [1.807, 2.05) is 36.5 Å². The normalized spacial score (nSPS) is 10.7. The average molecular weight is 326 g/mol. The minimum Gasteiger partial charge on any atom is -0.493 e. The van der Waals surface area contributed by atoms with Gasteiger partial charge in [0, 0.05) is 23.6 Å². The maximum Gasteiger partial charge on any atom is 0.223 e. The average Bonchev–Trinajstić information content (AvgIpc) is 2.98. The van der Waals surface area contributed by atoms with Gasteiger partial charge in [0.25, 0.3) is 0 Å². The molecule has 0 radical (unpaired) electrons. The summed E-state index contributed by atoms with van der Waals surface area (Å²) >= 11 is 0. The summed E-state index contributed by atoms with van der Waals surface area (Å²) in [5.74, 6) is 0.454. The highest BCUT2D eigenvalue weighted by atomic mass is 19.1. The summed E-state index contributed by atoms with van der Waals surface area (Å²) < 4.78 is 18.7. The highest BCUT2D eigenvalue weighted by Crippen LogP contribution is 2.19. The summed E-state index contributed by atoms with van der Waals surface area (Å²) in [6.07, 6.45) is 2.86. The van der Waals surface area contributed by atoms with Crippen LogP contribution in [-0.2, 0) is 11.2 Å². The number of fused-ring (bicyclic) bond motifs is 1. The number of hydrogen-bond acceptors (Lipinski definition) is 2. The molecule has 3 aromatic rings. The van der Waals surface area contributed by atoms with Crippen LogP contribution in [0.2, 0.25) is 0 Å². The van der Waals surface area contributed by atoms with Crippen LogP contribution in [0.15, 0.2) is 54.7 Å². The third-order valence-electron chi connectivity index (χ3n) is 3.79. The second-order valence-corrected chi connectivity index (χ2v) is 5.52. The van der Waals surface area contributed by atoms with Crippen LogP contribution in [0, 0.1) is 5.82 Å². The van der Waals surface area contributed by atoms with E-state index in [0.29, 0.717) is 26.0 Å². The van der Waals surface area contributed by atoms with Gasteiger partial charge in [-0.15, -0.1) is 0 Å². The van der Waals surface area contributed by atoms with Gasteiger partial charge < -0.3 is 15.0 Å². The van der Waals surface area contributed by atoms with Crippen LogP contribution in [0.5, 0.6) is 5.75 Å². The number of nitrogens with one attached hydrogen (secondary N) is 2. The van der Waals surface area contributed by atoms with Crippen molar-refractivity contribution in [2.24, 2.45) is 0 Å². The number of aromatic amines is 1. The second-order valence-electron chi connectivity index (χ2n) is 5.52. The molecule has 0 saturated carbocycles. The third kappa shape index (κ3) is 4.13. The molecular formula is C19H19FN2O2. The monoisotopic (exact) mass is 326 g/mol. The van der Waals surface area contributed by atoms with Gasteiger partial charge in [0.1, 0.15) is 11.6 Å². The maximum absolute atomic E-state index is 13.2. The molecule has 1 aromatic heterocycles. The first-order chi connectivity index (χ1) is 11.7. The SMILES string of the molecule is O=C(CCOc1ccccc1)NCCc1c[nH]c2cc(F)ccc12. The molecule has 3 rings (SSSR count). The van der Waals surface area contributed by atoms with Crippen molar-refractivity contribution in [3.05, 3.63) is 66.1 Å². The number of halogens is 1. The van der Waals surface area contributed by atoms with Crippen LogP contribution in [0.1, 0.15) is 12.0 Å². The van der Waals surface area contributed by atoms with Crippen molar-refractivity contribution >= 4 is 16.8 Å². The largest absolute Gasteiger partial charge is 0.493 e. The molecule has 1 amide bonds. The number of rotatable bonds is 7. The molecule has 1 heterocycles. The Labute approximate surface area is 139 Å². The fourth-order valence-electron chi connectivity index (χ4n) is 2.57. The maximum atomic E-state index is 13.2. The molecule has 0 atom stereocenters. The summed E-state index contributed by atoms with van der Waals surface area (Å²) in [5.41, 5.74) is 1.83. The van der Waals surface area contributed by atoms with Gasteiger partial charge >= 0.3 is 0 Å². The highest BCUT2D eigenvalue weighted by Gasteiger charge is 2.06. The van der Waals surface area contributed by atoms with E-state index in [9.17, 15) is 9.18 Å². The molecule has 0 bridgehead atoms. The van der Waals surface area contributed by atoms with Crippen LogP contribution in [0.3, 0.4) is 0 Å². The number of H-pyrrole nitrogens is 1. The molecule has 124 valence electrons. The number of carbonyl (C=O) groups is 1. The molecule has 24 heavy (non-hydrogen) atoms. The van der Waals surface area contributed by atoms with Crippen molar-refractivity contribution in [1.29, 1.82) is 0 Å². The molecule has 0 saturated heterocycles. The molecule has 0 fully saturated rings. The van der Waals surface area contributed by atoms with Crippen molar-refractivity contribution < 1.29 is 13.9 Å². The van der Waals surface area contributed by atoms with Crippen LogP contribution in [0.25, 0.3) is 10.9 Å². The molecule has 0 aliphatic rings. The second kappa shape index (κ2) is 7.64. The lowest BCUT2D eigenvalue weighted by Gasteiger charge is -2.07. The molecule has 0 aliphatic carbocycles. The summed E-state index contributed by atoms with van der Waals surface area (Å²) in [7, 11) is 0. The van der Waals surface area contributed by atoms with Gasteiger partial charge in [-0.2, -0.15) is 0 Å². The Balaban J connectivity index is 1.41. The smallest absolute Gasteiger partial charge is 0.223 e. The van der Waals surface area contributed by atoms with E-state index in [1.54, 1.807) is 6.07 Å². The number of amides is 1. The van der Waals surface area contributed by atoms with E-state index in [-0.39, 0.29) is 11.7 Å². The molecular weight excluding hydrogens is 307 g/mol. The van der Waals surface area contributed by atoms with E-state index in [0.717, 1.165) is 22.2 Å². The predicted octanol–water partition coefficient (Wildman–Crippen LogP) is 3.43. The van der Waals surface area contributed by atoms with Gasteiger partial charge in [-0.05, 0) is 42.3 Å². The number of aromatic nitrogens is 1. The number of ether oxygens (including phenoxy) is 1. The lowest BCUT2D eigenvalue weighted by molar-refractivity contribution is -0.121. The van der Waals surface area contributed by atoms with E-state index >= 15 is 0 Å². The standard InChI is InChI=1S/C19H19FN2O2/c20-15-6-7-17-14(13-22-18(17)12-15)8-10-21-19(23)9-11-24-16-4-2-1-3-5-16/h1-7,12-13,22H,8-11H2,(H,21,23). The quantitative estimate of drug-likeness (QED) is 0.699. The molecule has 0 aliphatic heterocycles. The van der Waals surface area contributed by atoms with E-state index in [2.05, 4.69) is 10.3 Å². The topological polar surface area (TPSA) is 54.1 Å². The Morgan fingerprint density at radius 1 is 1.17 bits per heavy atom. The number of carbonyl (C=O) groups excluding carboxylic acids is 1. The lowest BCUT2D eigenvalue weighted by Crippen LogP contribution is -2.26. The first kappa shape index (κ1) is 16.1. The van der Waals surface area contributed by atoms with Crippen LogP contribution < -0.4 is 10.1 Å². The molecule has 2 N–H and O–H groups in total. The van der Waals surface area contributed by atoms with Crippen molar-refractivity contribution in [2.45, 2.75) is 12.8 Å². The fourth-order valence-corrected chi connectivity index (χ4v) is 2.57. The van der Waals surface area contributed by atoms with Crippen LogP contribution in [-0.4, -0.2) is 24.0 Å². The fraction of sp³-hybridized carbons (Fsp3) is 0.211. The van der Waals surface area contributed by atoms with Crippen LogP contribution in [0.4, 0.5) is 4.39 Å². The Hall–Kier alpha value is -2.82. The molecule has 5 heteroatoms. The van der Waals surface area contributed by atoms with E-state index < -0.39 is 0 Å². The van der Waals surface area contributed by atoms with E-state index in [4.69, 9.17) is 4.74 Å². The predicted molar refractivity (Wildman–Crippen MR) is 91.5 cm³/mol. The highest BCUT2D eigenvalue weighted by molar-refractivity contribution is 5.83. The lowest BCUT2D eigenvalue weighted by atomic mass is 10.1. The number of para-hydroxylation sites is 1. The summed E-state index contributed by atoms with van der Waals surface area (Å²) in [6, 6.07) is 14.1. The number of benzene rings is 2. The van der Waals surface area contributed by atoms with Gasteiger partial charge in [0.15, 0.2) is 0 Å². The van der Waals surface area contributed by atoms with Crippen LogP contribution >= 0.6 is 0 Å². The van der Waals surface area contributed by atoms with Crippen molar-refractivity contribution in [3.63, 3.8) is 0 Å². The summed E-state index contributed by atoms with van der Waals surface area (Å²) in [6.45, 7) is 0.886. The van der Waals surface area contributed by atoms with Gasteiger partial charge in [-0.25, -0.2) is 4.39 Å². The van der Waals surface area contributed by atoms with Crippen molar-refractivity contribution in [1.82, 2.24) is 10.3 Å². The van der Waals surface area contributed by atoms with Crippen molar-refractivity contribution in [3.8, 4) is 5.75 Å². The van der Waals surface area contributed by atoms with Gasteiger partial charge in [-0.3, -0.25) is 4.79 Å². The molecule has 2 aromatic carbocycles. The minimum atomic E-state index is -0.261. The van der Waals surface area contributed by atoms with E-state index in [1.165, 1.54) is 12.1 Å². The zero-order valence-electron chi connectivity index (χ0n) is 13.2. The molecule has 0 spiro atoms. The van der Waals surface area contributed by atoms with Gasteiger partial charge in [-0.1, -0.05) is 18.2 Å². The minimum absolute atomic E-state index is 0.0446. The van der Waals surface area contributed by atoms with Crippen molar-refractivity contribution in [2.75, 3.05) is 13.2 Å². The number of hydrogen-bond donors (Lipinski definition) is 2. The summed E-state index contributed by atoms with van der Waals surface area (Å²) in [4.78, 5) is 14.9. The molecule has 0 unspecified atom stereocenters. The van der Waals surface area contributed by atoms with Gasteiger partial charge in [0.2, 0.25) is 5.91 Å². The zero-order chi connectivity index (χ0) is 16.8. The molecule has 4 nitrogen and oxygen atoms in total. The Morgan fingerprint density at radius 3 is 2.83 bits per heavy atom. The Morgan fingerprint density at radius 2 is 2.00 bits per heavy atom. The first-order valence-corrected chi connectivity index (χ1v) is 7.92. The zero-order valence-corrected chi connectivity index (χ0v) is 13.2. The third-order valence-corrected chi connectivity index (χ3v) is 3.79. The first-order valence-electron chi connectivity index (χ1n) is 7.92. The summed E-state index contributed by atoms with van der Waals surface area (Å²) in [5, 5.41) is 3.86. The Kier molecular flexibility index (Phi) is 5.11.